The van der Waals surface area contributed by atoms with E-state index in [2.05, 4.69) is 5.32 Å². The number of halogens is 1. The molecule has 0 aromatic heterocycles. The summed E-state index contributed by atoms with van der Waals surface area (Å²) in [4.78, 5) is 50.6. The molecule has 0 bridgehead atoms. The van der Waals surface area contributed by atoms with E-state index in [9.17, 15) is 24.3 Å². The molecular formula is C26H22INO7. The highest BCUT2D eigenvalue weighted by Gasteiger charge is 2.41. The van der Waals surface area contributed by atoms with Crippen LogP contribution in [-0.2, 0) is 19.1 Å². The second-order valence-corrected chi connectivity index (χ2v) is 8.97. The molecule has 0 saturated heterocycles. The lowest BCUT2D eigenvalue weighted by atomic mass is 10.1. The molecular weight excluding hydrogens is 565 g/mol. The van der Waals surface area contributed by atoms with Gasteiger partial charge in [0.1, 0.15) is 0 Å². The molecule has 0 saturated carbocycles. The lowest BCUT2D eigenvalue weighted by Crippen LogP contribution is -2.48. The summed E-state index contributed by atoms with van der Waals surface area (Å²) in [6.45, 7) is 3.66. The quantitative estimate of drug-likeness (QED) is 0.297. The predicted octanol–water partition coefficient (Wildman–Crippen LogP) is 4.38. The van der Waals surface area contributed by atoms with E-state index in [1.807, 2.05) is 36.4 Å². The van der Waals surface area contributed by atoms with Gasteiger partial charge in [0.05, 0.1) is 11.1 Å². The monoisotopic (exact) mass is 587 g/mol. The minimum atomic E-state index is -2.10. The van der Waals surface area contributed by atoms with Crippen LogP contribution in [0.1, 0.15) is 31.8 Å². The van der Waals surface area contributed by atoms with E-state index in [-0.39, 0.29) is 11.1 Å². The molecule has 9 heteroatoms. The van der Waals surface area contributed by atoms with Gasteiger partial charge in [-0.25, -0.2) is 14.4 Å². The summed E-state index contributed by atoms with van der Waals surface area (Å²) >= 11 is 2.05. The Morgan fingerprint density at radius 3 is 1.71 bits per heavy atom. The van der Waals surface area contributed by atoms with Crippen LogP contribution in [0, 0.1) is 17.4 Å². The number of carbonyl (C=O) groups is 4. The van der Waals surface area contributed by atoms with E-state index in [1.54, 1.807) is 48.5 Å². The SMILES string of the molecule is Cc1ccc(C(=O)O[C@H](C(=O)O)[C@@H](OC(=O)c2ccc(C)cc2)C(=O)Nc2cccc(I)c2)cc1. The predicted molar refractivity (Wildman–Crippen MR) is 136 cm³/mol. The van der Waals surface area contributed by atoms with Gasteiger partial charge in [0, 0.05) is 9.26 Å². The zero-order chi connectivity index (χ0) is 25.5. The van der Waals surface area contributed by atoms with Crippen molar-refractivity contribution in [3.05, 3.63) is 98.6 Å². The van der Waals surface area contributed by atoms with Crippen LogP contribution in [-0.4, -0.2) is 41.1 Å². The number of anilines is 1. The van der Waals surface area contributed by atoms with Crippen molar-refractivity contribution in [3.8, 4) is 0 Å². The van der Waals surface area contributed by atoms with Gasteiger partial charge in [0.25, 0.3) is 5.91 Å². The fourth-order valence-corrected chi connectivity index (χ4v) is 3.56. The van der Waals surface area contributed by atoms with Gasteiger partial charge in [0.2, 0.25) is 12.2 Å². The fraction of sp³-hybridized carbons (Fsp3) is 0.154. The number of benzene rings is 3. The van der Waals surface area contributed by atoms with E-state index in [0.717, 1.165) is 14.7 Å². The van der Waals surface area contributed by atoms with Crippen molar-refractivity contribution >= 4 is 52.1 Å². The summed E-state index contributed by atoms with van der Waals surface area (Å²) in [6.07, 6.45) is -4.06. The van der Waals surface area contributed by atoms with Gasteiger partial charge in [-0.1, -0.05) is 41.5 Å². The number of amides is 1. The van der Waals surface area contributed by atoms with Gasteiger partial charge < -0.3 is 19.9 Å². The maximum atomic E-state index is 13.1. The first-order chi connectivity index (χ1) is 16.6. The van der Waals surface area contributed by atoms with Gasteiger partial charge in [-0.05, 0) is 78.9 Å². The molecule has 3 rings (SSSR count). The number of hydrogen-bond donors (Lipinski definition) is 2. The number of carboxylic acid groups (broad SMARTS) is 1. The fourth-order valence-electron chi connectivity index (χ4n) is 3.02. The Bertz CT molecular complexity index is 1240. The molecule has 1 amide bonds. The molecule has 2 N–H and O–H groups in total. The van der Waals surface area contributed by atoms with Gasteiger partial charge >= 0.3 is 17.9 Å². The molecule has 35 heavy (non-hydrogen) atoms. The molecule has 0 spiro atoms. The molecule has 2 atom stereocenters. The van der Waals surface area contributed by atoms with Crippen molar-refractivity contribution in [1.82, 2.24) is 0 Å². The van der Waals surface area contributed by atoms with Crippen molar-refractivity contribution in [3.63, 3.8) is 0 Å². The number of ether oxygens (including phenoxy) is 2. The largest absolute Gasteiger partial charge is 0.478 e. The Kier molecular flexibility index (Phi) is 8.58. The summed E-state index contributed by atoms with van der Waals surface area (Å²) in [5, 5.41) is 12.3. The first kappa shape index (κ1) is 25.9. The summed E-state index contributed by atoms with van der Waals surface area (Å²) in [7, 11) is 0. The molecule has 0 fully saturated rings. The lowest BCUT2D eigenvalue weighted by Gasteiger charge is -2.23. The molecule has 8 nitrogen and oxygen atoms in total. The molecule has 0 unspecified atom stereocenters. The highest BCUT2D eigenvalue weighted by Crippen LogP contribution is 2.18. The van der Waals surface area contributed by atoms with Crippen molar-refractivity contribution in [2.24, 2.45) is 0 Å². The van der Waals surface area contributed by atoms with Gasteiger partial charge in [0.15, 0.2) is 0 Å². The van der Waals surface area contributed by atoms with Crippen LogP contribution in [0.3, 0.4) is 0 Å². The Balaban J connectivity index is 1.90. The average Bonchev–Trinajstić information content (AvgIpc) is 2.81. The minimum Gasteiger partial charge on any atom is -0.478 e. The number of aryl methyl sites for hydroxylation is 2. The normalized spacial score (nSPS) is 12.2. The van der Waals surface area contributed by atoms with E-state index in [4.69, 9.17) is 9.47 Å². The highest BCUT2D eigenvalue weighted by atomic mass is 127. The number of carbonyl (C=O) groups excluding carboxylic acids is 3. The molecule has 0 aliphatic carbocycles. The average molecular weight is 587 g/mol. The van der Waals surface area contributed by atoms with E-state index < -0.39 is 36.0 Å². The summed E-state index contributed by atoms with van der Waals surface area (Å²) in [5.74, 6) is -4.53. The number of hydrogen-bond acceptors (Lipinski definition) is 6. The molecule has 0 aliphatic heterocycles. The minimum absolute atomic E-state index is 0.0866. The van der Waals surface area contributed by atoms with E-state index in [0.29, 0.717) is 5.69 Å². The Morgan fingerprint density at radius 2 is 1.26 bits per heavy atom. The number of aliphatic carboxylic acids is 1. The van der Waals surface area contributed by atoms with Crippen LogP contribution in [0.15, 0.2) is 72.8 Å². The van der Waals surface area contributed by atoms with E-state index in [1.165, 1.54) is 24.3 Å². The summed E-state index contributed by atoms with van der Waals surface area (Å²) in [5.41, 5.74) is 2.33. The maximum absolute atomic E-state index is 13.1. The molecule has 0 heterocycles. The molecule has 0 aliphatic rings. The van der Waals surface area contributed by atoms with Crippen LogP contribution in [0.5, 0.6) is 0 Å². The second-order valence-electron chi connectivity index (χ2n) is 7.72. The van der Waals surface area contributed by atoms with Crippen LogP contribution < -0.4 is 5.32 Å². The van der Waals surface area contributed by atoms with Crippen molar-refractivity contribution < 1.29 is 33.8 Å². The van der Waals surface area contributed by atoms with Crippen molar-refractivity contribution in [2.75, 3.05) is 5.32 Å². The second kappa shape index (κ2) is 11.6. The number of carboxylic acids is 1. The number of esters is 2. The topological polar surface area (TPSA) is 119 Å². The lowest BCUT2D eigenvalue weighted by molar-refractivity contribution is -0.157. The van der Waals surface area contributed by atoms with Crippen LogP contribution in [0.25, 0.3) is 0 Å². The summed E-state index contributed by atoms with van der Waals surface area (Å²) < 4.78 is 11.3. The zero-order valence-corrected chi connectivity index (χ0v) is 21.0. The standard InChI is InChI=1S/C26H22INO7/c1-15-6-10-17(11-7-15)25(32)34-21(23(29)28-20-5-3-4-19(27)14-20)22(24(30)31)35-26(33)18-12-8-16(2)9-13-18/h3-14,21-22H,1-2H3,(H,28,29)(H,30,31)/t21-,22+/m1/s1. The number of nitrogens with one attached hydrogen (secondary N) is 1. The first-order valence-corrected chi connectivity index (χ1v) is 11.6. The first-order valence-electron chi connectivity index (χ1n) is 10.5. The van der Waals surface area contributed by atoms with Crippen molar-refractivity contribution in [2.45, 2.75) is 26.1 Å². The molecule has 3 aromatic carbocycles. The molecule has 180 valence electrons. The smallest absolute Gasteiger partial charge is 0.349 e. The molecule has 0 radical (unpaired) electrons. The van der Waals surface area contributed by atoms with Crippen LogP contribution in [0.2, 0.25) is 0 Å². The molecule has 3 aromatic rings. The summed E-state index contributed by atoms with van der Waals surface area (Å²) in [6, 6.07) is 19.3. The van der Waals surface area contributed by atoms with Gasteiger partial charge in [-0.15, -0.1) is 0 Å². The maximum Gasteiger partial charge on any atom is 0.349 e. The third-order valence-corrected chi connectivity index (χ3v) is 5.58. The Labute approximate surface area is 215 Å². The number of rotatable bonds is 8. The Hall–Kier alpha value is -3.73. The highest BCUT2D eigenvalue weighted by molar-refractivity contribution is 14.1. The Morgan fingerprint density at radius 1 is 0.771 bits per heavy atom. The van der Waals surface area contributed by atoms with Crippen LogP contribution >= 0.6 is 22.6 Å². The third kappa shape index (κ3) is 7.12. The zero-order valence-electron chi connectivity index (χ0n) is 18.9. The van der Waals surface area contributed by atoms with Crippen molar-refractivity contribution in [1.29, 1.82) is 0 Å². The van der Waals surface area contributed by atoms with Gasteiger partial charge in [-0.2, -0.15) is 0 Å². The van der Waals surface area contributed by atoms with E-state index >= 15 is 0 Å². The van der Waals surface area contributed by atoms with Crippen LogP contribution in [0.4, 0.5) is 5.69 Å². The third-order valence-electron chi connectivity index (χ3n) is 4.91. The van der Waals surface area contributed by atoms with Gasteiger partial charge in [-0.3, -0.25) is 4.79 Å².